The van der Waals surface area contributed by atoms with E-state index >= 15 is 0 Å². The van der Waals surface area contributed by atoms with E-state index in [1.807, 2.05) is 0 Å². The van der Waals surface area contributed by atoms with Gasteiger partial charge in [-0.05, 0) is 42.7 Å². The molecule has 1 unspecified atom stereocenters. The minimum absolute atomic E-state index is 0.261. The van der Waals surface area contributed by atoms with Crippen LogP contribution in [0.2, 0.25) is 0 Å². The summed E-state index contributed by atoms with van der Waals surface area (Å²) in [5.74, 6) is -0.968. The number of rotatable bonds is 3. The van der Waals surface area contributed by atoms with Crippen LogP contribution in [0.3, 0.4) is 0 Å². The number of fused-ring (bicyclic) bond motifs is 1. The number of hydrogen-bond acceptors (Lipinski definition) is 4. The van der Waals surface area contributed by atoms with Crippen molar-refractivity contribution >= 4 is 21.1 Å². The summed E-state index contributed by atoms with van der Waals surface area (Å²) in [7, 11) is -3.35. The highest BCUT2D eigenvalue weighted by Gasteiger charge is 2.35. The van der Waals surface area contributed by atoms with Crippen molar-refractivity contribution in [1.82, 2.24) is 9.29 Å². The SMILES string of the molecule is CS(=O)(=O)N1CCCC1c1nc2cc(-c3ccc(F)cc3F)ccc2o1. The third kappa shape index (κ3) is 2.99. The van der Waals surface area contributed by atoms with E-state index in [0.717, 1.165) is 12.5 Å². The predicted molar refractivity (Wildman–Crippen MR) is 92.9 cm³/mol. The topological polar surface area (TPSA) is 63.4 Å². The highest BCUT2D eigenvalue weighted by molar-refractivity contribution is 7.88. The number of oxazole rings is 1. The van der Waals surface area contributed by atoms with Crippen LogP contribution >= 0.6 is 0 Å². The van der Waals surface area contributed by atoms with Crippen molar-refractivity contribution in [1.29, 1.82) is 0 Å². The van der Waals surface area contributed by atoms with Crippen molar-refractivity contribution in [3.8, 4) is 11.1 Å². The number of benzene rings is 2. The number of sulfonamides is 1. The van der Waals surface area contributed by atoms with Gasteiger partial charge in [-0.3, -0.25) is 0 Å². The van der Waals surface area contributed by atoms with Gasteiger partial charge in [-0.2, -0.15) is 4.31 Å². The number of nitrogens with zero attached hydrogens (tertiary/aromatic N) is 2. The number of aromatic nitrogens is 1. The molecule has 2 aromatic carbocycles. The Hall–Kier alpha value is -2.32. The lowest BCUT2D eigenvalue weighted by Gasteiger charge is -2.18. The summed E-state index contributed by atoms with van der Waals surface area (Å²) in [5, 5.41) is 0. The van der Waals surface area contributed by atoms with E-state index in [0.29, 0.717) is 35.5 Å². The van der Waals surface area contributed by atoms with E-state index in [1.165, 1.54) is 22.7 Å². The Labute approximate surface area is 149 Å². The first-order valence-electron chi connectivity index (χ1n) is 8.15. The zero-order valence-electron chi connectivity index (χ0n) is 13.9. The molecule has 1 saturated heterocycles. The molecule has 0 N–H and O–H groups in total. The first kappa shape index (κ1) is 17.1. The highest BCUT2D eigenvalue weighted by Crippen LogP contribution is 2.35. The van der Waals surface area contributed by atoms with Gasteiger partial charge >= 0.3 is 0 Å². The lowest BCUT2D eigenvalue weighted by atomic mass is 10.0. The van der Waals surface area contributed by atoms with Gasteiger partial charge in [0.05, 0.1) is 6.26 Å². The standard InChI is InChI=1S/C18H16F2N2O3S/c1-26(23,24)22-8-2-3-16(22)18-21-15-9-11(4-7-17(15)25-18)13-6-5-12(19)10-14(13)20/h4-7,9-10,16H,2-3,8H2,1H3. The minimum Gasteiger partial charge on any atom is -0.439 e. The van der Waals surface area contributed by atoms with Crippen LogP contribution in [0, 0.1) is 11.6 Å². The fraction of sp³-hybridized carbons (Fsp3) is 0.278. The number of hydrogen-bond donors (Lipinski definition) is 0. The molecular weight excluding hydrogens is 362 g/mol. The number of halogens is 2. The highest BCUT2D eigenvalue weighted by atomic mass is 32.2. The van der Waals surface area contributed by atoms with Crippen LogP contribution in [0.1, 0.15) is 24.8 Å². The van der Waals surface area contributed by atoms with Crippen molar-refractivity contribution in [2.24, 2.45) is 0 Å². The summed E-state index contributed by atoms with van der Waals surface area (Å²) in [6.45, 7) is 0.439. The smallest absolute Gasteiger partial charge is 0.213 e. The molecule has 1 atom stereocenters. The Morgan fingerprint density at radius 1 is 1.19 bits per heavy atom. The summed E-state index contributed by atoms with van der Waals surface area (Å²) in [6, 6.07) is 7.94. The van der Waals surface area contributed by atoms with Gasteiger partial charge in [0.1, 0.15) is 23.2 Å². The minimum atomic E-state index is -3.35. The van der Waals surface area contributed by atoms with Gasteiger partial charge in [-0.1, -0.05) is 6.07 Å². The average molecular weight is 378 g/mol. The predicted octanol–water partition coefficient (Wildman–Crippen LogP) is 3.87. The molecule has 26 heavy (non-hydrogen) atoms. The van der Waals surface area contributed by atoms with Crippen LogP contribution in [0.4, 0.5) is 8.78 Å². The van der Waals surface area contributed by atoms with Crippen molar-refractivity contribution in [3.63, 3.8) is 0 Å². The molecule has 0 radical (unpaired) electrons. The van der Waals surface area contributed by atoms with Gasteiger partial charge in [-0.25, -0.2) is 22.2 Å². The first-order valence-corrected chi connectivity index (χ1v) is 10.0. The molecule has 0 amide bonds. The quantitative estimate of drug-likeness (QED) is 0.694. The summed E-state index contributed by atoms with van der Waals surface area (Å²) in [6.07, 6.45) is 2.55. The molecule has 3 aromatic rings. The molecule has 0 bridgehead atoms. The van der Waals surface area contributed by atoms with E-state index in [1.54, 1.807) is 18.2 Å². The largest absolute Gasteiger partial charge is 0.439 e. The molecule has 8 heteroatoms. The van der Waals surface area contributed by atoms with Crippen molar-refractivity contribution in [2.45, 2.75) is 18.9 Å². The Morgan fingerprint density at radius 2 is 2.00 bits per heavy atom. The van der Waals surface area contributed by atoms with Gasteiger partial charge in [0, 0.05) is 18.2 Å². The molecule has 1 aliphatic heterocycles. The Bertz CT molecular complexity index is 1100. The van der Waals surface area contributed by atoms with E-state index in [2.05, 4.69) is 4.98 Å². The Kier molecular flexibility index (Phi) is 4.04. The van der Waals surface area contributed by atoms with Crippen molar-refractivity contribution in [2.75, 3.05) is 12.8 Å². The molecule has 1 aliphatic rings. The van der Waals surface area contributed by atoms with E-state index < -0.39 is 27.7 Å². The third-order valence-electron chi connectivity index (χ3n) is 4.56. The second-order valence-corrected chi connectivity index (χ2v) is 8.33. The van der Waals surface area contributed by atoms with Gasteiger partial charge in [-0.15, -0.1) is 0 Å². The van der Waals surface area contributed by atoms with Crippen molar-refractivity contribution in [3.05, 3.63) is 53.9 Å². The zero-order valence-corrected chi connectivity index (χ0v) is 14.8. The lowest BCUT2D eigenvalue weighted by Crippen LogP contribution is -2.29. The molecule has 0 aliphatic carbocycles. The lowest BCUT2D eigenvalue weighted by molar-refractivity contribution is 0.339. The van der Waals surface area contributed by atoms with Gasteiger partial charge in [0.2, 0.25) is 15.9 Å². The Morgan fingerprint density at radius 3 is 2.73 bits per heavy atom. The maximum absolute atomic E-state index is 14.0. The first-order chi connectivity index (χ1) is 12.3. The molecule has 5 nitrogen and oxygen atoms in total. The van der Waals surface area contributed by atoms with E-state index in [4.69, 9.17) is 4.42 Å². The second kappa shape index (κ2) is 6.14. The van der Waals surface area contributed by atoms with Gasteiger partial charge in [0.25, 0.3) is 0 Å². The van der Waals surface area contributed by atoms with Crippen LogP contribution < -0.4 is 0 Å². The summed E-state index contributed by atoms with van der Waals surface area (Å²) in [4.78, 5) is 4.42. The second-order valence-electron chi connectivity index (χ2n) is 6.39. The maximum Gasteiger partial charge on any atom is 0.213 e. The molecule has 1 aromatic heterocycles. The summed E-state index contributed by atoms with van der Waals surface area (Å²) < 4.78 is 58.1. The molecule has 0 spiro atoms. The zero-order chi connectivity index (χ0) is 18.5. The van der Waals surface area contributed by atoms with Crippen molar-refractivity contribution < 1.29 is 21.6 Å². The van der Waals surface area contributed by atoms with Crippen LogP contribution in [0.15, 0.2) is 40.8 Å². The van der Waals surface area contributed by atoms with Crippen LogP contribution in [-0.4, -0.2) is 30.5 Å². The average Bonchev–Trinajstić information content (AvgIpc) is 3.20. The third-order valence-corrected chi connectivity index (χ3v) is 5.85. The molecule has 2 heterocycles. The van der Waals surface area contributed by atoms with E-state index in [9.17, 15) is 17.2 Å². The molecule has 0 saturated carbocycles. The fourth-order valence-electron chi connectivity index (χ4n) is 3.36. The maximum atomic E-state index is 14.0. The molecule has 136 valence electrons. The van der Waals surface area contributed by atoms with Crippen LogP contribution in [-0.2, 0) is 10.0 Å². The van der Waals surface area contributed by atoms with Gasteiger partial charge in [0.15, 0.2) is 5.58 Å². The van der Waals surface area contributed by atoms with Crippen LogP contribution in [0.5, 0.6) is 0 Å². The summed E-state index contributed by atoms with van der Waals surface area (Å²) in [5.41, 5.74) is 1.80. The summed E-state index contributed by atoms with van der Waals surface area (Å²) >= 11 is 0. The molecule has 1 fully saturated rings. The molecule has 4 rings (SSSR count). The fourth-order valence-corrected chi connectivity index (χ4v) is 4.48. The van der Waals surface area contributed by atoms with E-state index in [-0.39, 0.29) is 5.56 Å². The monoisotopic (exact) mass is 378 g/mol. The van der Waals surface area contributed by atoms with Gasteiger partial charge < -0.3 is 4.42 Å². The van der Waals surface area contributed by atoms with Crippen LogP contribution in [0.25, 0.3) is 22.2 Å². The Balaban J connectivity index is 1.75. The molecular formula is C18H16F2N2O3S. The normalized spacial score (nSPS) is 18.7.